The quantitative estimate of drug-likeness (QED) is 0.738. The molecule has 3 N–H and O–H groups in total. The number of hydrogen-bond acceptors (Lipinski definition) is 4. The van der Waals surface area contributed by atoms with Gasteiger partial charge in [-0.25, -0.2) is 8.99 Å². The van der Waals surface area contributed by atoms with E-state index < -0.39 is 26.7 Å². The number of nitrogens with one attached hydrogen (secondary N) is 1. The van der Waals surface area contributed by atoms with Gasteiger partial charge >= 0.3 is 6.18 Å². The SMILES string of the molecule is Cn1c(C2(C(C)(C)C(F)(F)F)COC2)cc2ccc(S(=N)(=O)[C@@H]3CC[C@H](N)C3)cc21. The lowest BCUT2D eigenvalue weighted by atomic mass is 9.61. The Kier molecular flexibility index (Phi) is 4.84. The molecule has 166 valence electrons. The van der Waals surface area contributed by atoms with Crippen LogP contribution in [0, 0.1) is 10.2 Å². The van der Waals surface area contributed by atoms with Crippen molar-refractivity contribution in [2.24, 2.45) is 18.2 Å². The van der Waals surface area contributed by atoms with Crippen molar-refractivity contribution >= 4 is 20.6 Å². The summed E-state index contributed by atoms with van der Waals surface area (Å²) in [6.45, 7) is 2.43. The number of alkyl halides is 3. The van der Waals surface area contributed by atoms with E-state index in [-0.39, 0.29) is 24.5 Å². The summed E-state index contributed by atoms with van der Waals surface area (Å²) in [6, 6.07) is 6.86. The first-order valence-corrected chi connectivity index (χ1v) is 11.7. The van der Waals surface area contributed by atoms with Crippen molar-refractivity contribution in [3.05, 3.63) is 30.0 Å². The van der Waals surface area contributed by atoms with Gasteiger partial charge in [-0.2, -0.15) is 13.2 Å². The number of rotatable bonds is 4. The molecule has 30 heavy (non-hydrogen) atoms. The molecule has 2 fully saturated rings. The lowest BCUT2D eigenvalue weighted by Gasteiger charge is -2.52. The molecule has 2 aliphatic rings. The number of nitrogens with two attached hydrogens (primary N) is 1. The second-order valence-electron chi connectivity index (χ2n) is 9.30. The highest BCUT2D eigenvalue weighted by molar-refractivity contribution is 7.93. The van der Waals surface area contributed by atoms with Gasteiger partial charge in [0.2, 0.25) is 0 Å². The highest BCUT2D eigenvalue weighted by Gasteiger charge is 2.65. The number of ether oxygens (including phenoxy) is 1. The average molecular weight is 444 g/mol. The molecule has 1 saturated carbocycles. The summed E-state index contributed by atoms with van der Waals surface area (Å²) in [7, 11) is -1.32. The maximum Gasteiger partial charge on any atom is 0.395 e. The van der Waals surface area contributed by atoms with Crippen LogP contribution >= 0.6 is 0 Å². The van der Waals surface area contributed by atoms with Crippen LogP contribution in [0.3, 0.4) is 0 Å². The molecule has 2 heterocycles. The van der Waals surface area contributed by atoms with Gasteiger partial charge in [-0.3, -0.25) is 0 Å². The molecule has 4 rings (SSSR count). The van der Waals surface area contributed by atoms with E-state index in [4.69, 9.17) is 15.3 Å². The predicted octanol–water partition coefficient (Wildman–Crippen LogP) is 4.32. The molecule has 9 heteroatoms. The summed E-state index contributed by atoms with van der Waals surface area (Å²) in [6.07, 6.45) is -2.43. The van der Waals surface area contributed by atoms with Gasteiger partial charge in [0, 0.05) is 34.4 Å². The third-order valence-electron chi connectivity index (χ3n) is 7.35. The molecule has 0 radical (unpaired) electrons. The topological polar surface area (TPSA) is 81.1 Å². The van der Waals surface area contributed by atoms with Gasteiger partial charge in [0.15, 0.2) is 0 Å². The Morgan fingerprint density at radius 3 is 2.40 bits per heavy atom. The molecule has 1 aliphatic carbocycles. The molecule has 2 aromatic rings. The molecular weight excluding hydrogens is 415 g/mol. The normalized spacial score (nSPS) is 26.5. The fourth-order valence-corrected chi connectivity index (χ4v) is 6.76. The molecule has 1 aromatic carbocycles. The fraction of sp³-hybridized carbons (Fsp3) is 0.619. The van der Waals surface area contributed by atoms with Crippen molar-refractivity contribution in [2.75, 3.05) is 13.2 Å². The van der Waals surface area contributed by atoms with E-state index in [9.17, 15) is 17.4 Å². The number of aryl methyl sites for hydroxylation is 1. The predicted molar refractivity (Wildman–Crippen MR) is 110 cm³/mol. The number of hydrogen-bond donors (Lipinski definition) is 2. The zero-order chi connectivity index (χ0) is 22.1. The van der Waals surface area contributed by atoms with Crippen molar-refractivity contribution in [3.63, 3.8) is 0 Å². The minimum atomic E-state index is -4.39. The van der Waals surface area contributed by atoms with Crippen LogP contribution in [-0.2, 0) is 26.9 Å². The summed E-state index contributed by atoms with van der Waals surface area (Å²) in [5.41, 5.74) is 3.99. The number of fused-ring (bicyclic) bond motifs is 1. The third kappa shape index (κ3) is 2.92. The monoisotopic (exact) mass is 443 g/mol. The van der Waals surface area contributed by atoms with Crippen LogP contribution in [-0.4, -0.2) is 39.5 Å². The fourth-order valence-electron chi connectivity index (χ4n) is 4.83. The summed E-state index contributed by atoms with van der Waals surface area (Å²) in [5, 5.41) is 0.471. The maximum atomic E-state index is 13.9. The highest BCUT2D eigenvalue weighted by Crippen LogP contribution is 2.56. The largest absolute Gasteiger partial charge is 0.395 e. The van der Waals surface area contributed by atoms with E-state index >= 15 is 0 Å². The van der Waals surface area contributed by atoms with Crippen LogP contribution in [0.4, 0.5) is 13.2 Å². The van der Waals surface area contributed by atoms with Crippen LogP contribution in [0.15, 0.2) is 29.2 Å². The van der Waals surface area contributed by atoms with Crippen molar-refractivity contribution < 1.29 is 22.1 Å². The average Bonchev–Trinajstić information content (AvgIpc) is 3.18. The van der Waals surface area contributed by atoms with Gasteiger partial charge in [-0.15, -0.1) is 0 Å². The first-order valence-electron chi connectivity index (χ1n) is 10.1. The van der Waals surface area contributed by atoms with Gasteiger partial charge in [0.1, 0.15) is 0 Å². The number of halogens is 3. The number of aromatic nitrogens is 1. The molecule has 1 unspecified atom stereocenters. The Hall–Kier alpha value is -1.58. The Labute approximate surface area is 174 Å². The van der Waals surface area contributed by atoms with Crippen LogP contribution in [0.25, 0.3) is 10.9 Å². The minimum Gasteiger partial charge on any atom is -0.379 e. The molecule has 0 spiro atoms. The molecule has 1 saturated heterocycles. The lowest BCUT2D eigenvalue weighted by Crippen LogP contribution is -2.62. The number of nitrogens with zero attached hydrogens (tertiary/aromatic N) is 1. The second kappa shape index (κ2) is 6.71. The van der Waals surface area contributed by atoms with E-state index in [0.29, 0.717) is 28.9 Å². The Morgan fingerprint density at radius 2 is 1.90 bits per heavy atom. The standard InChI is InChI=1S/C21H28F3N3O2S/c1-19(2,21(22,23)24)20(11-29-12-20)18-8-13-4-6-16(10-17(13)27(18)3)30(26,28)15-7-5-14(25)9-15/h4,6,8,10,14-15,26H,5,7,9,11-12,25H2,1-3H3/t14-,15+,30?/m0/s1. The van der Waals surface area contributed by atoms with Gasteiger partial charge in [0.05, 0.1) is 33.8 Å². The number of benzene rings is 1. The van der Waals surface area contributed by atoms with Gasteiger partial charge in [-0.05, 0) is 42.8 Å². The summed E-state index contributed by atoms with van der Waals surface area (Å²) >= 11 is 0. The zero-order valence-electron chi connectivity index (χ0n) is 17.4. The van der Waals surface area contributed by atoms with Gasteiger partial charge in [0.25, 0.3) is 0 Å². The molecule has 3 atom stereocenters. The summed E-state index contributed by atoms with van der Waals surface area (Å²) < 4.78 is 70.6. The molecule has 0 bridgehead atoms. The smallest absolute Gasteiger partial charge is 0.379 e. The molecule has 0 amide bonds. The van der Waals surface area contributed by atoms with Crippen molar-refractivity contribution in [3.8, 4) is 0 Å². The molecule has 1 aliphatic heterocycles. The van der Waals surface area contributed by atoms with E-state index in [1.807, 2.05) is 0 Å². The minimum absolute atomic E-state index is 0.00825. The maximum absolute atomic E-state index is 13.9. The van der Waals surface area contributed by atoms with E-state index in [1.165, 1.54) is 13.8 Å². The van der Waals surface area contributed by atoms with Crippen LogP contribution < -0.4 is 5.73 Å². The summed E-state index contributed by atoms with van der Waals surface area (Å²) in [4.78, 5) is 0.413. The first-order chi connectivity index (χ1) is 13.8. The Morgan fingerprint density at radius 1 is 1.23 bits per heavy atom. The van der Waals surface area contributed by atoms with Gasteiger partial charge < -0.3 is 15.0 Å². The second-order valence-corrected chi connectivity index (χ2v) is 11.6. The Balaban J connectivity index is 1.81. The summed E-state index contributed by atoms with van der Waals surface area (Å²) in [5.74, 6) is 0. The Bertz CT molecular complexity index is 1080. The third-order valence-corrected chi connectivity index (χ3v) is 9.68. The molecule has 5 nitrogen and oxygen atoms in total. The van der Waals surface area contributed by atoms with Crippen molar-refractivity contribution in [1.29, 1.82) is 4.78 Å². The highest BCUT2D eigenvalue weighted by atomic mass is 32.2. The first kappa shape index (κ1) is 21.6. The van der Waals surface area contributed by atoms with Crippen molar-refractivity contribution in [1.82, 2.24) is 4.57 Å². The van der Waals surface area contributed by atoms with E-state index in [2.05, 4.69) is 0 Å². The van der Waals surface area contributed by atoms with Crippen LogP contribution in [0.1, 0.15) is 38.8 Å². The zero-order valence-corrected chi connectivity index (χ0v) is 18.2. The van der Waals surface area contributed by atoms with E-state index in [1.54, 1.807) is 35.9 Å². The lowest BCUT2D eigenvalue weighted by molar-refractivity contribution is -0.274. The van der Waals surface area contributed by atoms with E-state index in [0.717, 1.165) is 11.8 Å². The van der Waals surface area contributed by atoms with Crippen LogP contribution in [0.5, 0.6) is 0 Å². The molecule has 1 aromatic heterocycles. The molecular formula is C21H28F3N3O2S. The van der Waals surface area contributed by atoms with Crippen LogP contribution in [0.2, 0.25) is 0 Å². The van der Waals surface area contributed by atoms with Crippen molar-refractivity contribution in [2.45, 2.75) is 60.9 Å². The van der Waals surface area contributed by atoms with Gasteiger partial charge in [-0.1, -0.05) is 19.9 Å².